The summed E-state index contributed by atoms with van der Waals surface area (Å²) in [5.74, 6) is 0.506. The Balaban J connectivity index is 1.61. The Morgan fingerprint density at radius 3 is 2.27 bits per heavy atom. The van der Waals surface area contributed by atoms with E-state index < -0.39 is 0 Å². The fourth-order valence-corrected chi connectivity index (χ4v) is 3.48. The van der Waals surface area contributed by atoms with Crippen LogP contribution in [-0.4, -0.2) is 42.2 Å². The van der Waals surface area contributed by atoms with Crippen molar-refractivity contribution in [3.63, 3.8) is 0 Å². The van der Waals surface area contributed by atoms with Crippen LogP contribution in [0.2, 0.25) is 0 Å². The van der Waals surface area contributed by atoms with Crippen LogP contribution in [0.15, 0.2) is 11.5 Å². The molecular formula is C17H28BNO3. The third kappa shape index (κ3) is 2.85. The van der Waals surface area contributed by atoms with Gasteiger partial charge in [-0.1, -0.05) is 6.08 Å². The van der Waals surface area contributed by atoms with E-state index in [-0.39, 0.29) is 24.2 Å². The summed E-state index contributed by atoms with van der Waals surface area (Å²) in [6, 6.07) is 0. The van der Waals surface area contributed by atoms with E-state index in [2.05, 4.69) is 33.8 Å². The molecule has 2 fully saturated rings. The third-order valence-electron chi connectivity index (χ3n) is 5.77. The molecule has 122 valence electrons. The molecule has 2 saturated heterocycles. The second-order valence-electron chi connectivity index (χ2n) is 7.87. The van der Waals surface area contributed by atoms with Gasteiger partial charge in [-0.05, 0) is 65.3 Å². The van der Waals surface area contributed by atoms with Gasteiger partial charge in [0.15, 0.2) is 0 Å². The van der Waals surface area contributed by atoms with E-state index in [4.69, 9.17) is 9.31 Å². The summed E-state index contributed by atoms with van der Waals surface area (Å²) in [6.07, 6.45) is 7.16. The number of nitrogens with zero attached hydrogens (tertiary/aromatic N) is 1. The first-order chi connectivity index (χ1) is 10.3. The number of amides is 1. The van der Waals surface area contributed by atoms with Crippen molar-refractivity contribution >= 4 is 13.0 Å². The maximum absolute atomic E-state index is 12.5. The van der Waals surface area contributed by atoms with Crippen LogP contribution in [0.1, 0.15) is 59.8 Å². The fourth-order valence-electron chi connectivity index (χ4n) is 3.48. The van der Waals surface area contributed by atoms with Gasteiger partial charge in [-0.25, -0.2) is 0 Å². The van der Waals surface area contributed by atoms with Crippen LogP contribution in [0, 0.1) is 5.92 Å². The first-order valence-corrected chi connectivity index (χ1v) is 8.63. The van der Waals surface area contributed by atoms with E-state index in [0.29, 0.717) is 5.91 Å². The summed E-state index contributed by atoms with van der Waals surface area (Å²) < 4.78 is 12.2. The summed E-state index contributed by atoms with van der Waals surface area (Å²) >= 11 is 0. The van der Waals surface area contributed by atoms with Gasteiger partial charge in [0.1, 0.15) is 0 Å². The largest absolute Gasteiger partial charge is 0.490 e. The first-order valence-electron chi connectivity index (χ1n) is 8.63. The summed E-state index contributed by atoms with van der Waals surface area (Å²) in [7, 11) is -0.243. The molecule has 1 aliphatic carbocycles. The van der Waals surface area contributed by atoms with Crippen molar-refractivity contribution in [3.05, 3.63) is 11.5 Å². The SMILES string of the molecule is CC1(C)OB(C2=CCC(C(=O)N3CCCC3)CC2)OC1(C)C. The smallest absolute Gasteiger partial charge is 0.400 e. The fraction of sp³-hybridized carbons (Fsp3) is 0.824. The second kappa shape index (κ2) is 5.68. The minimum Gasteiger partial charge on any atom is -0.400 e. The predicted molar refractivity (Wildman–Crippen MR) is 87.3 cm³/mol. The summed E-state index contributed by atoms with van der Waals surface area (Å²) in [6.45, 7) is 10.2. The van der Waals surface area contributed by atoms with Gasteiger partial charge in [-0.15, -0.1) is 0 Å². The lowest BCUT2D eigenvalue weighted by atomic mass is 9.70. The quantitative estimate of drug-likeness (QED) is 0.736. The van der Waals surface area contributed by atoms with Crippen LogP contribution >= 0.6 is 0 Å². The van der Waals surface area contributed by atoms with Gasteiger partial charge < -0.3 is 14.2 Å². The second-order valence-corrected chi connectivity index (χ2v) is 7.87. The van der Waals surface area contributed by atoms with Gasteiger partial charge in [0.25, 0.3) is 0 Å². The minimum atomic E-state index is -0.291. The molecule has 1 unspecified atom stereocenters. The Bertz CT molecular complexity index is 464. The van der Waals surface area contributed by atoms with Gasteiger partial charge >= 0.3 is 7.12 Å². The Morgan fingerprint density at radius 1 is 1.18 bits per heavy atom. The molecule has 22 heavy (non-hydrogen) atoms. The van der Waals surface area contributed by atoms with E-state index in [9.17, 15) is 4.79 Å². The van der Waals surface area contributed by atoms with Crippen LogP contribution in [0.25, 0.3) is 0 Å². The zero-order valence-corrected chi connectivity index (χ0v) is 14.4. The lowest BCUT2D eigenvalue weighted by Gasteiger charge is -2.32. The molecule has 2 heterocycles. The topological polar surface area (TPSA) is 38.8 Å². The summed E-state index contributed by atoms with van der Waals surface area (Å²) in [5.41, 5.74) is 0.630. The van der Waals surface area contributed by atoms with Crippen LogP contribution < -0.4 is 0 Å². The highest BCUT2D eigenvalue weighted by atomic mass is 16.7. The van der Waals surface area contributed by atoms with Gasteiger partial charge in [0.2, 0.25) is 5.91 Å². The third-order valence-corrected chi connectivity index (χ3v) is 5.77. The van der Waals surface area contributed by atoms with Crippen molar-refractivity contribution < 1.29 is 14.1 Å². The number of hydrogen-bond acceptors (Lipinski definition) is 3. The molecule has 3 aliphatic rings. The molecule has 0 aromatic heterocycles. The monoisotopic (exact) mass is 305 g/mol. The molecule has 0 N–H and O–H groups in total. The maximum atomic E-state index is 12.5. The van der Waals surface area contributed by atoms with Crippen LogP contribution in [0.3, 0.4) is 0 Å². The van der Waals surface area contributed by atoms with Gasteiger partial charge in [0.05, 0.1) is 11.2 Å². The molecule has 5 heteroatoms. The Morgan fingerprint density at radius 2 is 1.77 bits per heavy atom. The van der Waals surface area contributed by atoms with Crippen molar-refractivity contribution in [1.29, 1.82) is 0 Å². The van der Waals surface area contributed by atoms with Gasteiger partial charge in [-0.3, -0.25) is 4.79 Å². The van der Waals surface area contributed by atoms with E-state index in [0.717, 1.165) is 45.2 Å². The molecule has 4 nitrogen and oxygen atoms in total. The Hall–Kier alpha value is -0.805. The highest BCUT2D eigenvalue weighted by molar-refractivity contribution is 6.54. The molecule has 1 atom stereocenters. The summed E-state index contributed by atoms with van der Waals surface area (Å²) in [4.78, 5) is 14.5. The number of allylic oxidation sites excluding steroid dienone is 2. The average molecular weight is 305 g/mol. The van der Waals surface area contributed by atoms with Crippen molar-refractivity contribution in [1.82, 2.24) is 4.90 Å². The van der Waals surface area contributed by atoms with Crippen molar-refractivity contribution in [2.45, 2.75) is 71.0 Å². The standard InChI is InChI=1S/C17H28BNO3/c1-16(2)17(3,4)22-18(21-16)14-9-7-13(8-10-14)15(20)19-11-5-6-12-19/h9,13H,5-8,10-12H2,1-4H3. The highest BCUT2D eigenvalue weighted by Gasteiger charge is 2.52. The molecule has 0 bridgehead atoms. The lowest BCUT2D eigenvalue weighted by Crippen LogP contribution is -2.41. The number of hydrogen-bond donors (Lipinski definition) is 0. The van der Waals surface area contributed by atoms with Gasteiger partial charge in [0, 0.05) is 19.0 Å². The van der Waals surface area contributed by atoms with Crippen molar-refractivity contribution in [2.75, 3.05) is 13.1 Å². The predicted octanol–water partition coefficient (Wildman–Crippen LogP) is 2.97. The van der Waals surface area contributed by atoms with Crippen LogP contribution in [0.4, 0.5) is 0 Å². The average Bonchev–Trinajstić information content (AvgIpc) is 3.05. The van der Waals surface area contributed by atoms with Crippen molar-refractivity contribution in [3.8, 4) is 0 Å². The molecule has 0 aromatic carbocycles. The zero-order valence-electron chi connectivity index (χ0n) is 14.4. The number of carbonyl (C=O) groups is 1. The van der Waals surface area contributed by atoms with Gasteiger partial charge in [-0.2, -0.15) is 0 Å². The number of carbonyl (C=O) groups excluding carboxylic acids is 1. The molecule has 1 amide bonds. The summed E-state index contributed by atoms with van der Waals surface area (Å²) in [5, 5.41) is 0. The molecule has 0 radical (unpaired) electrons. The molecule has 0 saturated carbocycles. The molecule has 0 spiro atoms. The van der Waals surface area contributed by atoms with Crippen LogP contribution in [0.5, 0.6) is 0 Å². The normalized spacial score (nSPS) is 30.5. The van der Waals surface area contributed by atoms with E-state index in [1.165, 1.54) is 5.47 Å². The molecule has 2 aliphatic heterocycles. The molecule has 3 rings (SSSR count). The van der Waals surface area contributed by atoms with Crippen LogP contribution in [-0.2, 0) is 14.1 Å². The molecular weight excluding hydrogens is 277 g/mol. The van der Waals surface area contributed by atoms with E-state index >= 15 is 0 Å². The number of likely N-dealkylation sites (tertiary alicyclic amines) is 1. The number of rotatable bonds is 2. The maximum Gasteiger partial charge on any atom is 0.490 e. The lowest BCUT2D eigenvalue weighted by molar-refractivity contribution is -0.134. The van der Waals surface area contributed by atoms with Crippen molar-refractivity contribution in [2.24, 2.45) is 5.92 Å². The zero-order chi connectivity index (χ0) is 16.0. The Labute approximate surface area is 134 Å². The first kappa shape index (κ1) is 16.1. The van der Waals surface area contributed by atoms with E-state index in [1.54, 1.807) is 0 Å². The minimum absolute atomic E-state index is 0.157. The Kier molecular flexibility index (Phi) is 4.15. The van der Waals surface area contributed by atoms with E-state index in [1.807, 2.05) is 4.90 Å². The highest BCUT2D eigenvalue weighted by Crippen LogP contribution is 2.40. The molecule has 0 aromatic rings.